The number of anilines is 1. The van der Waals surface area contributed by atoms with Crippen LogP contribution in [-0.2, 0) is 9.53 Å². The van der Waals surface area contributed by atoms with Crippen molar-refractivity contribution in [2.75, 3.05) is 4.90 Å². The molecule has 3 aliphatic heterocycles. The molecule has 0 unspecified atom stereocenters. The van der Waals surface area contributed by atoms with Crippen molar-refractivity contribution in [1.82, 2.24) is 4.90 Å². The maximum Gasteiger partial charge on any atom is 0.417 e. The van der Waals surface area contributed by atoms with Gasteiger partial charge in [-0.25, -0.2) is 4.79 Å². The number of para-hydroxylation sites is 2. The number of carbonyl (C=O) groups is 2. The summed E-state index contributed by atoms with van der Waals surface area (Å²) in [7, 11) is 0. The SMILES string of the molecule is CC1=C[C@]2(C)OC(=O)N(c3ccccc3)[C@@H]2N2C(=O)[C@H](Oc3ccccc3)[C@@H]12. The van der Waals surface area contributed by atoms with Gasteiger partial charge in [-0.2, -0.15) is 0 Å². The first-order chi connectivity index (χ1) is 13.5. The minimum atomic E-state index is -0.902. The van der Waals surface area contributed by atoms with E-state index in [0.29, 0.717) is 11.4 Å². The fourth-order valence-electron chi connectivity index (χ4n) is 4.50. The first kappa shape index (κ1) is 16.9. The quantitative estimate of drug-likeness (QED) is 0.609. The Balaban J connectivity index is 1.52. The molecule has 0 spiro atoms. The lowest BCUT2D eigenvalue weighted by atomic mass is 9.80. The highest BCUT2D eigenvalue weighted by Gasteiger charge is 2.66. The molecule has 142 valence electrons. The summed E-state index contributed by atoms with van der Waals surface area (Å²) in [6.45, 7) is 3.79. The summed E-state index contributed by atoms with van der Waals surface area (Å²) in [5.74, 6) is 0.511. The van der Waals surface area contributed by atoms with Gasteiger partial charge in [0.1, 0.15) is 11.8 Å². The Morgan fingerprint density at radius 3 is 2.32 bits per heavy atom. The monoisotopic (exact) mass is 376 g/mol. The maximum absolute atomic E-state index is 13.1. The number of benzene rings is 2. The van der Waals surface area contributed by atoms with Crippen molar-refractivity contribution < 1.29 is 19.1 Å². The van der Waals surface area contributed by atoms with Crippen molar-refractivity contribution in [3.63, 3.8) is 0 Å². The second kappa shape index (κ2) is 5.86. The van der Waals surface area contributed by atoms with E-state index in [1.54, 1.807) is 9.80 Å². The highest BCUT2D eigenvalue weighted by molar-refractivity contribution is 5.97. The van der Waals surface area contributed by atoms with E-state index >= 15 is 0 Å². The Morgan fingerprint density at radius 2 is 1.64 bits per heavy atom. The van der Waals surface area contributed by atoms with Crippen LogP contribution in [-0.4, -0.2) is 40.8 Å². The van der Waals surface area contributed by atoms with Gasteiger partial charge in [0.2, 0.25) is 6.10 Å². The van der Waals surface area contributed by atoms with E-state index in [1.165, 1.54) is 0 Å². The lowest BCUT2D eigenvalue weighted by Crippen LogP contribution is -2.76. The molecule has 0 radical (unpaired) electrons. The average Bonchev–Trinajstić information content (AvgIpc) is 2.95. The molecule has 28 heavy (non-hydrogen) atoms. The van der Waals surface area contributed by atoms with E-state index in [-0.39, 0.29) is 11.9 Å². The number of nitrogens with zero attached hydrogens (tertiary/aromatic N) is 2. The van der Waals surface area contributed by atoms with Gasteiger partial charge in [0.25, 0.3) is 5.91 Å². The second-order valence-electron chi connectivity index (χ2n) is 7.56. The number of hydrogen-bond acceptors (Lipinski definition) is 4. The van der Waals surface area contributed by atoms with Crippen LogP contribution in [0.15, 0.2) is 72.3 Å². The van der Waals surface area contributed by atoms with Crippen molar-refractivity contribution in [3.8, 4) is 5.75 Å². The van der Waals surface area contributed by atoms with Gasteiger partial charge in [-0.05, 0) is 49.8 Å². The fraction of sp³-hybridized carbons (Fsp3) is 0.273. The van der Waals surface area contributed by atoms with Gasteiger partial charge in [0.15, 0.2) is 11.8 Å². The predicted octanol–water partition coefficient (Wildman–Crippen LogP) is 3.35. The minimum Gasteiger partial charge on any atom is -0.478 e. The summed E-state index contributed by atoms with van der Waals surface area (Å²) in [4.78, 5) is 29.1. The van der Waals surface area contributed by atoms with Crippen LogP contribution in [0.4, 0.5) is 10.5 Å². The third-order valence-electron chi connectivity index (χ3n) is 5.63. The molecular weight excluding hydrogens is 356 g/mol. The summed E-state index contributed by atoms with van der Waals surface area (Å²) < 4.78 is 11.7. The molecule has 6 heteroatoms. The molecule has 4 atom stereocenters. The van der Waals surface area contributed by atoms with Crippen molar-refractivity contribution >= 4 is 17.7 Å². The molecule has 5 rings (SSSR count). The Morgan fingerprint density at radius 1 is 1.00 bits per heavy atom. The molecule has 0 aliphatic carbocycles. The van der Waals surface area contributed by atoms with E-state index in [2.05, 4.69) is 0 Å². The molecular formula is C22H20N2O4. The first-order valence-corrected chi connectivity index (χ1v) is 9.30. The topological polar surface area (TPSA) is 59.1 Å². The summed E-state index contributed by atoms with van der Waals surface area (Å²) >= 11 is 0. The van der Waals surface area contributed by atoms with Crippen molar-refractivity contribution in [3.05, 3.63) is 72.3 Å². The third kappa shape index (κ3) is 2.27. The molecule has 6 nitrogen and oxygen atoms in total. The molecule has 3 heterocycles. The van der Waals surface area contributed by atoms with Gasteiger partial charge < -0.3 is 14.4 Å². The van der Waals surface area contributed by atoms with Crippen LogP contribution >= 0.6 is 0 Å². The highest BCUT2D eigenvalue weighted by Crippen LogP contribution is 2.47. The zero-order valence-electron chi connectivity index (χ0n) is 15.6. The molecule has 3 aliphatic rings. The van der Waals surface area contributed by atoms with Crippen LogP contribution in [0.3, 0.4) is 0 Å². The highest BCUT2D eigenvalue weighted by atomic mass is 16.6. The summed E-state index contributed by atoms with van der Waals surface area (Å²) in [5.41, 5.74) is 0.760. The van der Waals surface area contributed by atoms with Crippen molar-refractivity contribution in [1.29, 1.82) is 0 Å². The molecule has 0 bridgehead atoms. The second-order valence-corrected chi connectivity index (χ2v) is 7.56. The Kier molecular flexibility index (Phi) is 3.53. The van der Waals surface area contributed by atoms with Crippen LogP contribution in [0.5, 0.6) is 5.75 Å². The van der Waals surface area contributed by atoms with Gasteiger partial charge in [-0.3, -0.25) is 9.69 Å². The number of fused-ring (bicyclic) bond motifs is 3. The van der Waals surface area contributed by atoms with Gasteiger partial charge in [0, 0.05) is 5.69 Å². The van der Waals surface area contributed by atoms with Crippen LogP contribution in [0.1, 0.15) is 13.8 Å². The van der Waals surface area contributed by atoms with Crippen LogP contribution in [0, 0.1) is 0 Å². The molecule has 2 fully saturated rings. The normalized spacial score (nSPS) is 30.8. The summed E-state index contributed by atoms with van der Waals surface area (Å²) in [6, 6.07) is 18.4. The zero-order chi connectivity index (χ0) is 19.5. The minimum absolute atomic E-state index is 0.142. The van der Waals surface area contributed by atoms with Crippen LogP contribution < -0.4 is 9.64 Å². The lowest BCUT2D eigenvalue weighted by molar-refractivity contribution is -0.171. The maximum atomic E-state index is 13.1. The van der Waals surface area contributed by atoms with Crippen LogP contribution in [0.2, 0.25) is 0 Å². The van der Waals surface area contributed by atoms with Gasteiger partial charge in [-0.15, -0.1) is 0 Å². The van der Waals surface area contributed by atoms with E-state index in [1.807, 2.05) is 80.6 Å². The van der Waals surface area contributed by atoms with Gasteiger partial charge >= 0.3 is 6.09 Å². The summed E-state index contributed by atoms with van der Waals surface area (Å²) in [6.07, 6.45) is 0.354. The number of hydrogen-bond donors (Lipinski definition) is 0. The molecule has 0 N–H and O–H groups in total. The van der Waals surface area contributed by atoms with Crippen molar-refractivity contribution in [2.45, 2.75) is 37.8 Å². The first-order valence-electron chi connectivity index (χ1n) is 9.30. The fourth-order valence-corrected chi connectivity index (χ4v) is 4.50. The smallest absolute Gasteiger partial charge is 0.417 e. The summed E-state index contributed by atoms with van der Waals surface area (Å²) in [5, 5.41) is 0. The average molecular weight is 376 g/mol. The molecule has 2 aromatic rings. The lowest BCUT2D eigenvalue weighted by Gasteiger charge is -2.55. The van der Waals surface area contributed by atoms with Gasteiger partial charge in [0.05, 0.1) is 0 Å². The van der Waals surface area contributed by atoms with Crippen molar-refractivity contribution in [2.24, 2.45) is 0 Å². The van der Waals surface area contributed by atoms with E-state index < -0.39 is 24.0 Å². The Bertz CT molecular complexity index is 975. The number of amides is 2. The standard InChI is InChI=1S/C22H20N2O4/c1-14-13-22(2)20(23(21(26)28-22)15-9-5-3-6-10-15)24-17(14)18(19(24)25)27-16-11-7-4-8-12-16/h3-13,17-18,20H,1-2H3/t17-,18-,20-,22+/m1/s1. The molecule has 0 saturated carbocycles. The number of rotatable bonds is 3. The number of β-lactam (4-membered cyclic amide) rings is 1. The van der Waals surface area contributed by atoms with E-state index in [0.717, 1.165) is 5.57 Å². The van der Waals surface area contributed by atoms with Gasteiger partial charge in [-0.1, -0.05) is 36.4 Å². The van der Waals surface area contributed by atoms with Crippen LogP contribution in [0.25, 0.3) is 0 Å². The predicted molar refractivity (Wildman–Crippen MR) is 103 cm³/mol. The largest absolute Gasteiger partial charge is 0.478 e. The third-order valence-corrected chi connectivity index (χ3v) is 5.63. The Hall–Kier alpha value is -3.28. The Labute approximate surface area is 163 Å². The number of ether oxygens (including phenoxy) is 2. The molecule has 0 aromatic heterocycles. The molecule has 2 saturated heterocycles. The molecule has 2 aromatic carbocycles. The zero-order valence-corrected chi connectivity index (χ0v) is 15.6. The molecule has 2 amide bonds. The van der Waals surface area contributed by atoms with E-state index in [4.69, 9.17) is 9.47 Å². The number of carbonyl (C=O) groups excluding carboxylic acids is 2. The van der Waals surface area contributed by atoms with E-state index in [9.17, 15) is 9.59 Å².